The summed E-state index contributed by atoms with van der Waals surface area (Å²) in [5, 5.41) is 2.43. The molecule has 1 aliphatic rings. The lowest BCUT2D eigenvalue weighted by Gasteiger charge is -2.28. The van der Waals surface area contributed by atoms with Crippen LogP contribution in [-0.4, -0.2) is 32.1 Å². The fourth-order valence-corrected chi connectivity index (χ4v) is 4.02. The van der Waals surface area contributed by atoms with E-state index in [-0.39, 0.29) is 34.4 Å². The maximum atomic E-state index is 13.4. The number of halogens is 2. The Morgan fingerprint density at radius 2 is 1.64 bits per heavy atom. The Kier molecular flexibility index (Phi) is 7.61. The van der Waals surface area contributed by atoms with Gasteiger partial charge in [0.2, 0.25) is 0 Å². The van der Waals surface area contributed by atoms with Crippen molar-refractivity contribution in [1.29, 1.82) is 0 Å². The molecule has 4 rings (SSSR count). The van der Waals surface area contributed by atoms with Crippen molar-refractivity contribution in [2.75, 3.05) is 19.1 Å². The van der Waals surface area contributed by atoms with Crippen molar-refractivity contribution >= 4 is 57.1 Å². The Morgan fingerprint density at radius 1 is 0.944 bits per heavy atom. The number of ether oxygens (including phenoxy) is 3. The molecule has 0 aliphatic carbocycles. The normalized spacial score (nSPS) is 14.6. The summed E-state index contributed by atoms with van der Waals surface area (Å²) in [6, 6.07) is 16.5. The Hall–Kier alpha value is -3.82. The first-order valence-corrected chi connectivity index (χ1v) is 11.8. The molecule has 0 unspecified atom stereocenters. The number of amides is 4. The summed E-state index contributed by atoms with van der Waals surface area (Å²) in [5.74, 6) is -0.834. The maximum Gasteiger partial charge on any atom is 0.336 e. The SMILES string of the molecule is COc1cc(N2C(=O)NC(=O)/C(=C\c3ccccc3OCc3ccc(Br)cc3)C2=O)c(OC)cc1Cl. The highest BCUT2D eigenvalue weighted by atomic mass is 79.9. The summed E-state index contributed by atoms with van der Waals surface area (Å²) in [6.45, 7) is 0.278. The second kappa shape index (κ2) is 10.8. The minimum Gasteiger partial charge on any atom is -0.495 e. The van der Waals surface area contributed by atoms with Gasteiger partial charge in [-0.1, -0.05) is 57.9 Å². The van der Waals surface area contributed by atoms with Gasteiger partial charge < -0.3 is 14.2 Å². The fraction of sp³-hybridized carbons (Fsp3) is 0.115. The Labute approximate surface area is 220 Å². The maximum absolute atomic E-state index is 13.4. The summed E-state index contributed by atoms with van der Waals surface area (Å²) in [5.41, 5.74) is 1.24. The average Bonchev–Trinajstić information content (AvgIpc) is 2.87. The number of nitrogens with one attached hydrogen (secondary N) is 1. The van der Waals surface area contributed by atoms with E-state index >= 15 is 0 Å². The molecule has 184 valence electrons. The van der Waals surface area contributed by atoms with E-state index < -0.39 is 17.8 Å². The molecule has 1 aliphatic heterocycles. The zero-order valence-corrected chi connectivity index (χ0v) is 21.6. The van der Waals surface area contributed by atoms with Gasteiger partial charge in [0, 0.05) is 22.2 Å². The van der Waals surface area contributed by atoms with E-state index in [9.17, 15) is 14.4 Å². The van der Waals surface area contributed by atoms with Crippen LogP contribution in [0, 0.1) is 0 Å². The molecule has 4 amide bonds. The molecule has 8 nitrogen and oxygen atoms in total. The van der Waals surface area contributed by atoms with Crippen LogP contribution in [0.3, 0.4) is 0 Å². The van der Waals surface area contributed by atoms with Crippen molar-refractivity contribution in [3.05, 3.63) is 86.9 Å². The van der Waals surface area contributed by atoms with Crippen molar-refractivity contribution in [3.63, 3.8) is 0 Å². The van der Waals surface area contributed by atoms with Crippen LogP contribution >= 0.6 is 27.5 Å². The Bertz CT molecular complexity index is 1370. The van der Waals surface area contributed by atoms with Crippen molar-refractivity contribution in [2.45, 2.75) is 6.61 Å². The summed E-state index contributed by atoms with van der Waals surface area (Å²) >= 11 is 9.56. The van der Waals surface area contributed by atoms with E-state index in [0.717, 1.165) is 14.9 Å². The van der Waals surface area contributed by atoms with Crippen molar-refractivity contribution < 1.29 is 28.6 Å². The molecule has 1 saturated heterocycles. The zero-order chi connectivity index (χ0) is 25.8. The number of para-hydroxylation sites is 1. The van der Waals surface area contributed by atoms with E-state index in [4.69, 9.17) is 25.8 Å². The highest BCUT2D eigenvalue weighted by Crippen LogP contribution is 2.39. The molecule has 0 spiro atoms. The standard InChI is InChI=1S/C26H20BrClN2O6/c1-34-22-13-20(23(35-2)12-19(22)28)30-25(32)18(24(31)29-26(30)33)11-16-5-3-4-6-21(16)36-14-15-7-9-17(27)10-8-15/h3-13H,14H2,1-2H3,(H,29,31,33)/b18-11+. The van der Waals surface area contributed by atoms with Crippen molar-refractivity contribution in [2.24, 2.45) is 0 Å². The van der Waals surface area contributed by atoms with Gasteiger partial charge in [-0.3, -0.25) is 14.9 Å². The largest absolute Gasteiger partial charge is 0.495 e. The number of barbiturate groups is 1. The highest BCUT2D eigenvalue weighted by molar-refractivity contribution is 9.10. The molecule has 10 heteroatoms. The van der Waals surface area contributed by atoms with E-state index in [0.29, 0.717) is 11.3 Å². The van der Waals surface area contributed by atoms with Gasteiger partial charge >= 0.3 is 6.03 Å². The first-order chi connectivity index (χ1) is 17.3. The average molecular weight is 572 g/mol. The number of methoxy groups -OCH3 is 2. The van der Waals surface area contributed by atoms with Gasteiger partial charge in [-0.15, -0.1) is 0 Å². The number of imide groups is 2. The van der Waals surface area contributed by atoms with Crippen LogP contribution < -0.4 is 24.4 Å². The third-order valence-electron chi connectivity index (χ3n) is 5.32. The number of anilines is 1. The van der Waals surface area contributed by atoms with Crippen molar-refractivity contribution in [1.82, 2.24) is 5.32 Å². The summed E-state index contributed by atoms with van der Waals surface area (Å²) < 4.78 is 17.4. The second-order valence-corrected chi connectivity index (χ2v) is 8.89. The molecular weight excluding hydrogens is 552 g/mol. The molecule has 0 aromatic heterocycles. The number of hydrogen-bond donors (Lipinski definition) is 1. The molecule has 3 aromatic rings. The molecule has 1 heterocycles. The third kappa shape index (κ3) is 5.22. The van der Waals surface area contributed by atoms with E-state index in [1.807, 2.05) is 24.3 Å². The zero-order valence-electron chi connectivity index (χ0n) is 19.2. The van der Waals surface area contributed by atoms with Crippen LogP contribution in [0.2, 0.25) is 5.02 Å². The van der Waals surface area contributed by atoms with Gasteiger partial charge in [0.05, 0.1) is 24.9 Å². The summed E-state index contributed by atoms with van der Waals surface area (Å²) in [4.78, 5) is 39.6. The predicted octanol–water partition coefficient (Wildman–Crippen LogP) is 5.37. The Morgan fingerprint density at radius 3 is 2.33 bits per heavy atom. The van der Waals surface area contributed by atoms with Gasteiger partial charge in [-0.05, 0) is 29.8 Å². The van der Waals surface area contributed by atoms with Gasteiger partial charge in [0.25, 0.3) is 11.8 Å². The number of carbonyl (C=O) groups excluding carboxylic acids is 3. The van der Waals surface area contributed by atoms with Crippen LogP contribution in [-0.2, 0) is 16.2 Å². The van der Waals surface area contributed by atoms with Crippen LogP contribution in [0.1, 0.15) is 11.1 Å². The number of nitrogens with zero attached hydrogens (tertiary/aromatic N) is 1. The van der Waals surface area contributed by atoms with E-state index in [1.165, 1.54) is 32.4 Å². The van der Waals surface area contributed by atoms with Crippen LogP contribution in [0.4, 0.5) is 10.5 Å². The van der Waals surface area contributed by atoms with Gasteiger partial charge in [0.15, 0.2) is 0 Å². The third-order valence-corrected chi connectivity index (χ3v) is 6.15. The van der Waals surface area contributed by atoms with Gasteiger partial charge in [0.1, 0.15) is 29.4 Å². The van der Waals surface area contributed by atoms with Crippen LogP contribution in [0.15, 0.2) is 70.7 Å². The number of benzene rings is 3. The van der Waals surface area contributed by atoms with E-state index in [2.05, 4.69) is 21.2 Å². The van der Waals surface area contributed by atoms with Gasteiger partial charge in [-0.25, -0.2) is 9.69 Å². The molecule has 0 atom stereocenters. The molecule has 0 radical (unpaired) electrons. The smallest absolute Gasteiger partial charge is 0.336 e. The number of hydrogen-bond acceptors (Lipinski definition) is 6. The quantitative estimate of drug-likeness (QED) is 0.303. The van der Waals surface area contributed by atoms with Crippen molar-refractivity contribution in [3.8, 4) is 17.2 Å². The minimum atomic E-state index is -0.926. The summed E-state index contributed by atoms with van der Waals surface area (Å²) in [7, 11) is 2.77. The molecular formula is C26H20BrClN2O6. The lowest BCUT2D eigenvalue weighted by Crippen LogP contribution is -2.54. The molecule has 1 fully saturated rings. The number of urea groups is 1. The van der Waals surface area contributed by atoms with Crippen LogP contribution in [0.25, 0.3) is 6.08 Å². The molecule has 1 N–H and O–H groups in total. The Balaban J connectivity index is 1.69. The van der Waals surface area contributed by atoms with Gasteiger partial charge in [-0.2, -0.15) is 0 Å². The predicted molar refractivity (Wildman–Crippen MR) is 138 cm³/mol. The highest BCUT2D eigenvalue weighted by Gasteiger charge is 2.38. The first kappa shape index (κ1) is 25.3. The molecule has 0 bridgehead atoms. The topological polar surface area (TPSA) is 94.2 Å². The number of rotatable bonds is 7. The molecule has 3 aromatic carbocycles. The monoisotopic (exact) mass is 570 g/mol. The lowest BCUT2D eigenvalue weighted by atomic mass is 10.1. The second-order valence-electron chi connectivity index (χ2n) is 7.57. The molecule has 0 saturated carbocycles. The minimum absolute atomic E-state index is 0.0689. The fourth-order valence-electron chi connectivity index (χ4n) is 3.52. The lowest BCUT2D eigenvalue weighted by molar-refractivity contribution is -0.122. The molecule has 36 heavy (non-hydrogen) atoms. The number of carbonyl (C=O) groups is 3. The summed E-state index contributed by atoms with van der Waals surface area (Å²) in [6.07, 6.45) is 1.38. The first-order valence-electron chi connectivity index (χ1n) is 10.6. The van der Waals surface area contributed by atoms with E-state index in [1.54, 1.807) is 24.3 Å². The van der Waals surface area contributed by atoms with Crippen LogP contribution in [0.5, 0.6) is 17.2 Å².